The Kier molecular flexibility index (Phi) is 2.64. The molecule has 1 fully saturated rings. The molecule has 4 heteroatoms. The number of hydrogen-bond acceptors (Lipinski definition) is 3. The van der Waals surface area contributed by atoms with Crippen LogP contribution in [0.1, 0.15) is 55.1 Å². The Morgan fingerprint density at radius 3 is 2.71 bits per heavy atom. The van der Waals surface area contributed by atoms with E-state index >= 15 is 0 Å². The van der Waals surface area contributed by atoms with E-state index in [1.807, 2.05) is 4.68 Å². The van der Waals surface area contributed by atoms with E-state index in [9.17, 15) is 5.26 Å². The normalized spacial score (nSPS) is 21.4. The highest BCUT2D eigenvalue weighted by Gasteiger charge is 2.28. The summed E-state index contributed by atoms with van der Waals surface area (Å²) in [5, 5.41) is 14.0. The van der Waals surface area contributed by atoms with Gasteiger partial charge < -0.3 is 0 Å². The van der Waals surface area contributed by atoms with Gasteiger partial charge in [-0.1, -0.05) is 19.3 Å². The van der Waals surface area contributed by atoms with E-state index in [1.165, 1.54) is 37.7 Å². The smallest absolute Gasteiger partial charge is 0.143 e. The maximum absolute atomic E-state index is 9.36. The second-order valence-electron chi connectivity index (χ2n) is 5.29. The molecule has 1 saturated carbocycles. The van der Waals surface area contributed by atoms with Crippen LogP contribution in [0.3, 0.4) is 0 Å². The Labute approximate surface area is 102 Å². The van der Waals surface area contributed by atoms with Gasteiger partial charge in [0, 0.05) is 18.7 Å². The summed E-state index contributed by atoms with van der Waals surface area (Å²) in [4.78, 5) is 2.21. The molecule has 0 atom stereocenters. The van der Waals surface area contributed by atoms with Crippen LogP contribution in [0, 0.1) is 11.3 Å². The summed E-state index contributed by atoms with van der Waals surface area (Å²) < 4.78 is 2.02. The zero-order chi connectivity index (χ0) is 11.8. The second-order valence-corrected chi connectivity index (χ2v) is 5.29. The van der Waals surface area contributed by atoms with Gasteiger partial charge in [0.25, 0.3) is 0 Å². The summed E-state index contributed by atoms with van der Waals surface area (Å²) >= 11 is 0. The lowest BCUT2D eigenvalue weighted by atomic mass is 9.95. The fraction of sp³-hybridized carbons (Fsp3) is 0.692. The molecule has 4 nitrogen and oxygen atoms in total. The molecule has 3 rings (SSSR count). The minimum atomic E-state index is 0.467. The lowest BCUT2D eigenvalue weighted by Gasteiger charge is -2.23. The first-order chi connectivity index (χ1) is 8.29. The molecule has 2 aliphatic rings. The molecule has 0 saturated heterocycles. The molecule has 1 aliphatic heterocycles. The number of nitriles is 1. The summed E-state index contributed by atoms with van der Waals surface area (Å²) in [6.07, 6.45) is 6.26. The fourth-order valence-corrected chi connectivity index (χ4v) is 3.10. The van der Waals surface area contributed by atoms with Crippen LogP contribution in [0.15, 0.2) is 0 Å². The van der Waals surface area contributed by atoms with Crippen molar-refractivity contribution in [1.82, 2.24) is 14.7 Å². The predicted molar refractivity (Wildman–Crippen MR) is 64.2 cm³/mol. The Morgan fingerprint density at radius 2 is 2.00 bits per heavy atom. The van der Waals surface area contributed by atoms with Crippen molar-refractivity contribution in [2.45, 2.75) is 51.2 Å². The highest BCUT2D eigenvalue weighted by molar-refractivity contribution is 5.38. The maximum atomic E-state index is 9.36. The van der Waals surface area contributed by atoms with E-state index in [-0.39, 0.29) is 0 Å². The highest BCUT2D eigenvalue weighted by Crippen LogP contribution is 2.32. The van der Waals surface area contributed by atoms with Crippen LogP contribution < -0.4 is 0 Å². The minimum Gasteiger partial charge on any atom is -0.296 e. The molecule has 1 aromatic rings. The topological polar surface area (TPSA) is 44.9 Å². The average Bonchev–Trinajstić information content (AvgIpc) is 2.85. The summed E-state index contributed by atoms with van der Waals surface area (Å²) in [6.45, 7) is 1.77. The van der Waals surface area contributed by atoms with Gasteiger partial charge in [-0.15, -0.1) is 0 Å². The summed E-state index contributed by atoms with van der Waals surface area (Å²) in [5.74, 6) is 0. The van der Waals surface area contributed by atoms with Gasteiger partial charge in [0.1, 0.15) is 11.8 Å². The standard InChI is InChI=1S/C13H18N4/c1-16-8-11-12(9-16)15-17(13(11)7-14)10-5-3-2-4-6-10/h10H,2-6,8-9H2,1H3. The van der Waals surface area contributed by atoms with E-state index in [2.05, 4.69) is 23.1 Å². The molecule has 0 unspecified atom stereocenters. The molecular weight excluding hydrogens is 212 g/mol. The van der Waals surface area contributed by atoms with Crippen molar-refractivity contribution in [3.8, 4) is 6.07 Å². The Hall–Kier alpha value is -1.34. The van der Waals surface area contributed by atoms with Crippen LogP contribution in [-0.4, -0.2) is 21.7 Å². The van der Waals surface area contributed by atoms with Crippen molar-refractivity contribution >= 4 is 0 Å². The first-order valence-corrected chi connectivity index (χ1v) is 6.48. The van der Waals surface area contributed by atoms with Gasteiger partial charge in [-0.3, -0.25) is 9.58 Å². The van der Waals surface area contributed by atoms with Gasteiger partial charge in [0.05, 0.1) is 11.7 Å². The quantitative estimate of drug-likeness (QED) is 0.743. The molecular formula is C13H18N4. The highest BCUT2D eigenvalue weighted by atomic mass is 15.3. The number of aromatic nitrogens is 2. The number of nitrogens with zero attached hydrogens (tertiary/aromatic N) is 4. The molecule has 0 radical (unpaired) electrons. The number of rotatable bonds is 1. The lowest BCUT2D eigenvalue weighted by Crippen LogP contribution is -2.18. The first kappa shape index (κ1) is 10.8. The van der Waals surface area contributed by atoms with Gasteiger partial charge in [0.2, 0.25) is 0 Å². The van der Waals surface area contributed by atoms with E-state index in [0.717, 1.165) is 24.5 Å². The van der Waals surface area contributed by atoms with E-state index in [4.69, 9.17) is 0 Å². The molecule has 2 heterocycles. The van der Waals surface area contributed by atoms with Crippen LogP contribution in [0.5, 0.6) is 0 Å². The Balaban J connectivity index is 1.96. The van der Waals surface area contributed by atoms with E-state index in [0.29, 0.717) is 6.04 Å². The molecule has 90 valence electrons. The van der Waals surface area contributed by atoms with Gasteiger partial charge in [-0.25, -0.2) is 0 Å². The third kappa shape index (κ3) is 1.75. The molecule has 1 aliphatic carbocycles. The van der Waals surface area contributed by atoms with Crippen molar-refractivity contribution in [1.29, 1.82) is 5.26 Å². The third-order valence-electron chi connectivity index (χ3n) is 3.97. The van der Waals surface area contributed by atoms with Crippen LogP contribution in [0.2, 0.25) is 0 Å². The lowest BCUT2D eigenvalue weighted by molar-refractivity contribution is 0.310. The van der Waals surface area contributed by atoms with Crippen molar-refractivity contribution in [3.05, 3.63) is 17.0 Å². The van der Waals surface area contributed by atoms with Crippen LogP contribution in [0.4, 0.5) is 0 Å². The van der Waals surface area contributed by atoms with Gasteiger partial charge >= 0.3 is 0 Å². The van der Waals surface area contributed by atoms with Crippen LogP contribution in [-0.2, 0) is 13.1 Å². The number of fused-ring (bicyclic) bond motifs is 1. The van der Waals surface area contributed by atoms with Crippen molar-refractivity contribution in [2.75, 3.05) is 7.05 Å². The van der Waals surface area contributed by atoms with Gasteiger partial charge in [-0.2, -0.15) is 10.4 Å². The summed E-state index contributed by atoms with van der Waals surface area (Å²) in [7, 11) is 2.08. The predicted octanol–water partition coefficient (Wildman–Crippen LogP) is 2.21. The van der Waals surface area contributed by atoms with Crippen molar-refractivity contribution in [3.63, 3.8) is 0 Å². The maximum Gasteiger partial charge on any atom is 0.143 e. The molecule has 17 heavy (non-hydrogen) atoms. The Morgan fingerprint density at radius 1 is 1.24 bits per heavy atom. The summed E-state index contributed by atoms with van der Waals surface area (Å²) in [5.41, 5.74) is 3.10. The number of hydrogen-bond donors (Lipinski definition) is 0. The minimum absolute atomic E-state index is 0.467. The molecule has 1 aromatic heterocycles. The van der Waals surface area contributed by atoms with Crippen molar-refractivity contribution < 1.29 is 0 Å². The summed E-state index contributed by atoms with van der Waals surface area (Å²) in [6, 6.07) is 2.83. The molecule has 0 bridgehead atoms. The zero-order valence-electron chi connectivity index (χ0n) is 10.3. The SMILES string of the molecule is CN1Cc2nn(C3CCCCC3)c(C#N)c2C1. The molecule has 0 spiro atoms. The fourth-order valence-electron chi connectivity index (χ4n) is 3.10. The van der Waals surface area contributed by atoms with E-state index < -0.39 is 0 Å². The zero-order valence-corrected chi connectivity index (χ0v) is 10.3. The van der Waals surface area contributed by atoms with Crippen LogP contribution in [0.25, 0.3) is 0 Å². The van der Waals surface area contributed by atoms with Gasteiger partial charge in [-0.05, 0) is 19.9 Å². The molecule has 0 N–H and O–H groups in total. The molecule has 0 aromatic carbocycles. The Bertz CT molecular complexity index is 462. The van der Waals surface area contributed by atoms with Crippen LogP contribution >= 0.6 is 0 Å². The third-order valence-corrected chi connectivity index (χ3v) is 3.97. The monoisotopic (exact) mass is 230 g/mol. The van der Waals surface area contributed by atoms with Gasteiger partial charge in [0.15, 0.2) is 0 Å². The molecule has 0 amide bonds. The second kappa shape index (κ2) is 4.15. The van der Waals surface area contributed by atoms with Crippen molar-refractivity contribution in [2.24, 2.45) is 0 Å². The first-order valence-electron chi connectivity index (χ1n) is 6.48. The average molecular weight is 230 g/mol. The largest absolute Gasteiger partial charge is 0.296 e. The van der Waals surface area contributed by atoms with E-state index in [1.54, 1.807) is 0 Å².